The second kappa shape index (κ2) is 6.28. The molecule has 0 bridgehead atoms. The van der Waals surface area contributed by atoms with Crippen LogP contribution in [0.4, 0.5) is 0 Å². The summed E-state index contributed by atoms with van der Waals surface area (Å²) in [7, 11) is 0. The van der Waals surface area contributed by atoms with Gasteiger partial charge >= 0.3 is 5.97 Å². The summed E-state index contributed by atoms with van der Waals surface area (Å²) in [5, 5.41) is 16.1. The van der Waals surface area contributed by atoms with Crippen LogP contribution in [-0.2, 0) is 4.79 Å². The fraction of sp³-hybridized carbons (Fsp3) is 0.667. The van der Waals surface area contributed by atoms with Crippen LogP contribution in [0.2, 0.25) is 0 Å². The van der Waals surface area contributed by atoms with E-state index in [2.05, 4.69) is 10.5 Å². The van der Waals surface area contributed by atoms with Crippen LogP contribution in [0.5, 0.6) is 0 Å². The topological polar surface area (TPSA) is 92.4 Å². The second-order valence-electron chi connectivity index (χ2n) is 5.88. The van der Waals surface area contributed by atoms with E-state index in [1.165, 1.54) is 0 Å². The van der Waals surface area contributed by atoms with Crippen LogP contribution in [-0.4, -0.2) is 28.7 Å². The molecule has 0 saturated heterocycles. The van der Waals surface area contributed by atoms with E-state index in [0.717, 1.165) is 25.7 Å². The lowest BCUT2D eigenvalue weighted by atomic mass is 9.80. The molecule has 1 aliphatic rings. The number of carbonyl (C=O) groups is 2. The molecule has 1 heterocycles. The van der Waals surface area contributed by atoms with Crippen molar-refractivity contribution in [3.8, 4) is 0 Å². The van der Waals surface area contributed by atoms with Gasteiger partial charge in [-0.15, -0.1) is 0 Å². The Morgan fingerprint density at radius 1 is 1.24 bits per heavy atom. The quantitative estimate of drug-likeness (QED) is 0.832. The maximum Gasteiger partial charge on any atom is 0.311 e. The molecule has 1 aromatic heterocycles. The molecule has 0 aromatic carbocycles. The molecule has 1 amide bonds. The van der Waals surface area contributed by atoms with Crippen molar-refractivity contribution < 1.29 is 19.2 Å². The molecule has 6 nitrogen and oxygen atoms in total. The predicted octanol–water partition coefficient (Wildman–Crippen LogP) is 2.45. The largest absolute Gasteiger partial charge is 0.481 e. The van der Waals surface area contributed by atoms with Gasteiger partial charge in [0.2, 0.25) is 0 Å². The first-order chi connectivity index (χ1) is 9.96. The smallest absolute Gasteiger partial charge is 0.311 e. The van der Waals surface area contributed by atoms with Gasteiger partial charge in [0.1, 0.15) is 11.3 Å². The highest BCUT2D eigenvalue weighted by atomic mass is 16.5. The van der Waals surface area contributed by atoms with E-state index in [0.29, 0.717) is 29.9 Å². The molecule has 0 atom stereocenters. The van der Waals surface area contributed by atoms with E-state index in [4.69, 9.17) is 4.52 Å². The maximum atomic E-state index is 12.2. The van der Waals surface area contributed by atoms with Crippen LogP contribution in [0.1, 0.15) is 60.3 Å². The summed E-state index contributed by atoms with van der Waals surface area (Å²) < 4.78 is 4.97. The number of rotatable bonds is 4. The zero-order valence-corrected chi connectivity index (χ0v) is 12.6. The van der Waals surface area contributed by atoms with Gasteiger partial charge < -0.3 is 14.9 Å². The molecule has 1 saturated carbocycles. The lowest BCUT2D eigenvalue weighted by Gasteiger charge is -2.28. The number of carboxylic acid groups (broad SMARTS) is 1. The number of nitrogens with one attached hydrogen (secondary N) is 1. The highest BCUT2D eigenvalue weighted by Crippen LogP contribution is 2.35. The van der Waals surface area contributed by atoms with Gasteiger partial charge in [-0.2, -0.15) is 0 Å². The van der Waals surface area contributed by atoms with Gasteiger partial charge in [-0.25, -0.2) is 0 Å². The molecule has 2 rings (SSSR count). The second-order valence-corrected chi connectivity index (χ2v) is 5.88. The van der Waals surface area contributed by atoms with E-state index >= 15 is 0 Å². The van der Waals surface area contributed by atoms with Crippen LogP contribution in [0.15, 0.2) is 4.52 Å². The van der Waals surface area contributed by atoms with Crippen LogP contribution < -0.4 is 5.32 Å². The van der Waals surface area contributed by atoms with Gasteiger partial charge in [0, 0.05) is 6.54 Å². The number of aliphatic carboxylic acids is 1. The molecule has 0 unspecified atom stereocenters. The van der Waals surface area contributed by atoms with Crippen molar-refractivity contribution in [3.63, 3.8) is 0 Å². The van der Waals surface area contributed by atoms with Gasteiger partial charge in [0.25, 0.3) is 5.91 Å². The third-order valence-electron chi connectivity index (χ3n) is 4.36. The standard InChI is InChI=1S/C15H22N2O4/c1-10-12(11(2)21-17-10)13(18)16-9-15(14(19)20)7-5-3-4-6-8-15/h3-9H2,1-2H3,(H,16,18)(H,19,20). The Morgan fingerprint density at radius 2 is 1.86 bits per heavy atom. The highest BCUT2D eigenvalue weighted by Gasteiger charge is 2.39. The lowest BCUT2D eigenvalue weighted by molar-refractivity contribution is -0.149. The zero-order valence-electron chi connectivity index (χ0n) is 12.6. The monoisotopic (exact) mass is 294 g/mol. The Morgan fingerprint density at radius 3 is 2.33 bits per heavy atom. The molecule has 0 aliphatic heterocycles. The van der Waals surface area contributed by atoms with Crippen molar-refractivity contribution in [1.29, 1.82) is 0 Å². The van der Waals surface area contributed by atoms with Gasteiger partial charge in [-0.1, -0.05) is 30.8 Å². The molecule has 21 heavy (non-hydrogen) atoms. The number of hydrogen-bond acceptors (Lipinski definition) is 4. The van der Waals surface area contributed by atoms with Gasteiger partial charge in [-0.3, -0.25) is 9.59 Å². The Bertz CT molecular complexity index is 508. The first kappa shape index (κ1) is 15.5. The normalized spacial score (nSPS) is 18.0. The van der Waals surface area contributed by atoms with Crippen molar-refractivity contribution >= 4 is 11.9 Å². The molecular formula is C15H22N2O4. The summed E-state index contributed by atoms with van der Waals surface area (Å²) in [5.74, 6) is -0.671. The Labute approximate surface area is 123 Å². The molecule has 0 radical (unpaired) electrons. The predicted molar refractivity (Wildman–Crippen MR) is 76.1 cm³/mol. The Hall–Kier alpha value is -1.85. The van der Waals surface area contributed by atoms with Crippen molar-refractivity contribution in [3.05, 3.63) is 17.0 Å². The van der Waals surface area contributed by atoms with Crippen LogP contribution in [0.25, 0.3) is 0 Å². The summed E-state index contributed by atoms with van der Waals surface area (Å²) in [4.78, 5) is 23.9. The minimum atomic E-state index is -0.842. The molecule has 6 heteroatoms. The number of carboxylic acids is 1. The van der Waals surface area contributed by atoms with Crippen LogP contribution in [0, 0.1) is 19.3 Å². The third-order valence-corrected chi connectivity index (χ3v) is 4.36. The van der Waals surface area contributed by atoms with Crippen LogP contribution in [0.3, 0.4) is 0 Å². The third kappa shape index (κ3) is 3.25. The molecule has 1 aromatic rings. The minimum Gasteiger partial charge on any atom is -0.481 e. The van der Waals surface area contributed by atoms with E-state index in [9.17, 15) is 14.7 Å². The first-order valence-electron chi connectivity index (χ1n) is 7.41. The summed E-state index contributed by atoms with van der Waals surface area (Å²) in [5.41, 5.74) is 0.0879. The average molecular weight is 294 g/mol. The number of hydrogen-bond donors (Lipinski definition) is 2. The van der Waals surface area contributed by atoms with Crippen molar-refractivity contribution in [2.24, 2.45) is 5.41 Å². The summed E-state index contributed by atoms with van der Waals surface area (Å²) in [6.07, 6.45) is 5.15. The molecule has 1 aliphatic carbocycles. The number of aromatic nitrogens is 1. The van der Waals surface area contributed by atoms with E-state index in [1.807, 2.05) is 0 Å². The first-order valence-corrected chi connectivity index (χ1v) is 7.41. The van der Waals surface area contributed by atoms with E-state index in [-0.39, 0.29) is 12.5 Å². The summed E-state index contributed by atoms with van der Waals surface area (Å²) >= 11 is 0. The molecule has 0 spiro atoms. The summed E-state index contributed by atoms with van der Waals surface area (Å²) in [6.45, 7) is 3.53. The Balaban J connectivity index is 2.08. The fourth-order valence-electron chi connectivity index (χ4n) is 3.02. The number of aryl methyl sites for hydroxylation is 2. The van der Waals surface area contributed by atoms with Gasteiger partial charge in [-0.05, 0) is 26.7 Å². The fourth-order valence-corrected chi connectivity index (χ4v) is 3.02. The Kier molecular flexibility index (Phi) is 4.65. The lowest BCUT2D eigenvalue weighted by Crippen LogP contribution is -2.43. The SMILES string of the molecule is Cc1noc(C)c1C(=O)NCC1(C(=O)O)CCCCCC1. The molecule has 116 valence electrons. The molecular weight excluding hydrogens is 272 g/mol. The van der Waals surface area contributed by atoms with Crippen LogP contribution >= 0.6 is 0 Å². The molecule has 1 fully saturated rings. The maximum absolute atomic E-state index is 12.2. The van der Waals surface area contributed by atoms with Crippen molar-refractivity contribution in [2.45, 2.75) is 52.4 Å². The van der Waals surface area contributed by atoms with Crippen molar-refractivity contribution in [1.82, 2.24) is 10.5 Å². The van der Waals surface area contributed by atoms with Crippen molar-refractivity contribution in [2.75, 3.05) is 6.54 Å². The number of nitrogens with zero attached hydrogens (tertiary/aromatic N) is 1. The van der Waals surface area contributed by atoms with Gasteiger partial charge in [0.15, 0.2) is 0 Å². The number of carbonyl (C=O) groups excluding carboxylic acids is 1. The average Bonchev–Trinajstić information content (AvgIpc) is 2.67. The summed E-state index contributed by atoms with van der Waals surface area (Å²) in [6, 6.07) is 0. The molecule has 2 N–H and O–H groups in total. The minimum absolute atomic E-state index is 0.158. The van der Waals surface area contributed by atoms with E-state index in [1.54, 1.807) is 13.8 Å². The highest BCUT2D eigenvalue weighted by molar-refractivity contribution is 5.96. The zero-order chi connectivity index (χ0) is 15.5. The van der Waals surface area contributed by atoms with E-state index < -0.39 is 11.4 Å². The number of amides is 1. The van der Waals surface area contributed by atoms with Gasteiger partial charge in [0.05, 0.1) is 11.1 Å².